The molecule has 0 bridgehead atoms. The Kier molecular flexibility index (Phi) is 4.81. The van der Waals surface area contributed by atoms with Crippen LogP contribution in [-0.2, 0) is 7.05 Å². The molecule has 0 spiro atoms. The number of rotatable bonds is 4. The van der Waals surface area contributed by atoms with Gasteiger partial charge in [0.25, 0.3) is 0 Å². The van der Waals surface area contributed by atoms with Crippen LogP contribution in [0.5, 0.6) is 0 Å². The average Bonchev–Trinajstić information content (AvgIpc) is 3.49. The first-order valence-corrected chi connectivity index (χ1v) is 11.3. The zero-order valence-corrected chi connectivity index (χ0v) is 19.1. The third kappa shape index (κ3) is 3.30. The van der Waals surface area contributed by atoms with Gasteiger partial charge in [-0.05, 0) is 36.2 Å². The second-order valence-electron chi connectivity index (χ2n) is 8.38. The van der Waals surface area contributed by atoms with Gasteiger partial charge in [0.15, 0.2) is 5.82 Å². The van der Waals surface area contributed by atoms with Crippen molar-refractivity contribution in [2.75, 3.05) is 0 Å². The molecule has 2 aromatic heterocycles. The Morgan fingerprint density at radius 2 is 1.32 bits per heavy atom. The van der Waals surface area contributed by atoms with Crippen LogP contribution in [0, 0.1) is 6.92 Å². The predicted octanol–water partition coefficient (Wildman–Crippen LogP) is 6.46. The van der Waals surface area contributed by atoms with E-state index >= 15 is 0 Å². The van der Waals surface area contributed by atoms with Gasteiger partial charge in [0.2, 0.25) is 0 Å². The Labute approximate surface area is 198 Å². The summed E-state index contributed by atoms with van der Waals surface area (Å²) in [4.78, 5) is 4.72. The van der Waals surface area contributed by atoms with E-state index in [9.17, 15) is 0 Å². The van der Waals surface area contributed by atoms with Crippen molar-refractivity contribution in [2.45, 2.75) is 6.92 Å². The second-order valence-corrected chi connectivity index (χ2v) is 8.38. The van der Waals surface area contributed by atoms with Crippen LogP contribution in [0.15, 0.2) is 103 Å². The number of aryl methyl sites for hydroxylation is 2. The third-order valence-corrected chi connectivity index (χ3v) is 6.36. The highest BCUT2D eigenvalue weighted by Gasteiger charge is 2.19. The fourth-order valence-electron chi connectivity index (χ4n) is 4.56. The fourth-order valence-corrected chi connectivity index (χ4v) is 4.56. The van der Waals surface area contributed by atoms with Crippen molar-refractivity contribution in [1.82, 2.24) is 24.3 Å². The number of para-hydroxylation sites is 1. The summed E-state index contributed by atoms with van der Waals surface area (Å²) >= 11 is 0. The normalized spacial score (nSPS) is 11.2. The number of nitrogens with zero attached hydrogens (tertiary/aromatic N) is 5. The van der Waals surface area contributed by atoms with Crippen LogP contribution < -0.4 is 0 Å². The van der Waals surface area contributed by atoms with Crippen molar-refractivity contribution in [1.29, 1.82) is 0 Å². The minimum absolute atomic E-state index is 0.783. The minimum Gasteiger partial charge on any atom is -0.331 e. The van der Waals surface area contributed by atoms with E-state index in [1.165, 1.54) is 0 Å². The van der Waals surface area contributed by atoms with Crippen molar-refractivity contribution in [3.05, 3.63) is 109 Å². The number of hydrogen-bond acceptors (Lipinski definition) is 3. The Morgan fingerprint density at radius 3 is 1.97 bits per heavy atom. The SMILES string of the molecule is Cc1nc2cc(-c3nncn3-c3c(-c4ccccc4)cccc3-c3ccccc3)ccc2n1C. The minimum atomic E-state index is 0.783. The van der Waals surface area contributed by atoms with E-state index in [1.807, 2.05) is 26.1 Å². The van der Waals surface area contributed by atoms with Crippen LogP contribution in [0.3, 0.4) is 0 Å². The van der Waals surface area contributed by atoms with E-state index in [4.69, 9.17) is 4.98 Å². The van der Waals surface area contributed by atoms with E-state index in [-0.39, 0.29) is 0 Å². The number of imidazole rings is 1. The van der Waals surface area contributed by atoms with E-state index in [0.29, 0.717) is 0 Å². The standard InChI is InChI=1S/C29H23N5/c1-20-31-26-18-23(16-17-27(26)33(20)2)29-32-30-19-34(29)28-24(21-10-5-3-6-11-21)14-9-15-25(28)22-12-7-4-8-13-22/h3-19H,1-2H3. The lowest BCUT2D eigenvalue weighted by Crippen LogP contribution is -2.02. The van der Waals surface area contributed by atoms with E-state index in [2.05, 4.69) is 104 Å². The maximum atomic E-state index is 4.72. The molecule has 164 valence electrons. The first kappa shape index (κ1) is 20.1. The molecule has 0 saturated heterocycles. The Balaban J connectivity index is 1.61. The highest BCUT2D eigenvalue weighted by atomic mass is 15.3. The highest BCUT2D eigenvalue weighted by molar-refractivity contribution is 5.87. The largest absolute Gasteiger partial charge is 0.331 e. The van der Waals surface area contributed by atoms with Crippen molar-refractivity contribution in [2.24, 2.45) is 7.05 Å². The molecule has 6 rings (SSSR count). The van der Waals surface area contributed by atoms with Gasteiger partial charge >= 0.3 is 0 Å². The molecule has 0 N–H and O–H groups in total. The Hall–Kier alpha value is -4.51. The molecule has 34 heavy (non-hydrogen) atoms. The summed E-state index contributed by atoms with van der Waals surface area (Å²) in [6.07, 6.45) is 1.80. The van der Waals surface area contributed by atoms with Gasteiger partial charge in [-0.15, -0.1) is 10.2 Å². The molecule has 5 nitrogen and oxygen atoms in total. The van der Waals surface area contributed by atoms with Crippen LogP contribution in [0.1, 0.15) is 5.82 Å². The summed E-state index contributed by atoms with van der Waals surface area (Å²) < 4.78 is 4.20. The lowest BCUT2D eigenvalue weighted by Gasteiger charge is -2.18. The summed E-state index contributed by atoms with van der Waals surface area (Å²) in [7, 11) is 2.04. The lowest BCUT2D eigenvalue weighted by atomic mass is 9.95. The quantitative estimate of drug-likeness (QED) is 0.315. The molecule has 0 radical (unpaired) electrons. The molecular formula is C29H23N5. The summed E-state index contributed by atoms with van der Waals surface area (Å²) in [5, 5.41) is 8.88. The second kappa shape index (κ2) is 8.12. The first-order chi connectivity index (χ1) is 16.7. The van der Waals surface area contributed by atoms with Crippen LogP contribution in [0.4, 0.5) is 0 Å². The van der Waals surface area contributed by atoms with Gasteiger partial charge in [0.05, 0.1) is 16.7 Å². The molecule has 0 amide bonds. The number of fused-ring (bicyclic) bond motifs is 1. The number of benzene rings is 4. The molecule has 0 unspecified atom stereocenters. The predicted molar refractivity (Wildman–Crippen MR) is 137 cm³/mol. The van der Waals surface area contributed by atoms with Gasteiger partial charge in [-0.3, -0.25) is 4.57 Å². The summed E-state index contributed by atoms with van der Waals surface area (Å²) in [5.74, 6) is 1.76. The van der Waals surface area contributed by atoms with E-state index < -0.39 is 0 Å². The molecule has 5 heteroatoms. The van der Waals surface area contributed by atoms with Gasteiger partial charge in [-0.1, -0.05) is 78.9 Å². The molecule has 0 saturated carbocycles. The fraction of sp³-hybridized carbons (Fsp3) is 0.0690. The molecular weight excluding hydrogens is 418 g/mol. The van der Waals surface area contributed by atoms with Crippen LogP contribution >= 0.6 is 0 Å². The van der Waals surface area contributed by atoms with Crippen molar-refractivity contribution >= 4 is 11.0 Å². The molecule has 2 heterocycles. The first-order valence-electron chi connectivity index (χ1n) is 11.3. The molecule has 0 atom stereocenters. The monoisotopic (exact) mass is 441 g/mol. The van der Waals surface area contributed by atoms with Gasteiger partial charge in [0, 0.05) is 23.7 Å². The zero-order chi connectivity index (χ0) is 23.1. The molecule has 0 aliphatic rings. The molecule has 0 aliphatic heterocycles. The van der Waals surface area contributed by atoms with Gasteiger partial charge < -0.3 is 4.57 Å². The van der Waals surface area contributed by atoms with Crippen LogP contribution in [-0.4, -0.2) is 24.3 Å². The molecule has 6 aromatic rings. The molecule has 4 aromatic carbocycles. The van der Waals surface area contributed by atoms with Crippen molar-refractivity contribution in [3.8, 4) is 39.3 Å². The Morgan fingerprint density at radius 1 is 0.676 bits per heavy atom. The van der Waals surface area contributed by atoms with Gasteiger partial charge in [-0.2, -0.15) is 0 Å². The van der Waals surface area contributed by atoms with Crippen molar-refractivity contribution < 1.29 is 0 Å². The molecule has 0 aliphatic carbocycles. The van der Waals surface area contributed by atoms with E-state index in [0.717, 1.165) is 56.2 Å². The summed E-state index contributed by atoms with van der Waals surface area (Å²) in [5.41, 5.74) is 8.61. The Bertz CT molecular complexity index is 1550. The topological polar surface area (TPSA) is 48.5 Å². The summed E-state index contributed by atoms with van der Waals surface area (Å²) in [6.45, 7) is 2.02. The maximum Gasteiger partial charge on any atom is 0.168 e. The van der Waals surface area contributed by atoms with E-state index in [1.54, 1.807) is 6.33 Å². The van der Waals surface area contributed by atoms with Crippen LogP contribution in [0.2, 0.25) is 0 Å². The summed E-state index contributed by atoms with van der Waals surface area (Å²) in [6, 6.07) is 33.6. The lowest BCUT2D eigenvalue weighted by molar-refractivity contribution is 0.886. The average molecular weight is 442 g/mol. The van der Waals surface area contributed by atoms with Crippen LogP contribution in [0.25, 0.3) is 50.4 Å². The third-order valence-electron chi connectivity index (χ3n) is 6.36. The van der Waals surface area contributed by atoms with Crippen molar-refractivity contribution in [3.63, 3.8) is 0 Å². The number of aromatic nitrogens is 5. The smallest absolute Gasteiger partial charge is 0.168 e. The number of hydrogen-bond donors (Lipinski definition) is 0. The van der Waals surface area contributed by atoms with Gasteiger partial charge in [-0.25, -0.2) is 4.98 Å². The highest BCUT2D eigenvalue weighted by Crippen LogP contribution is 2.37. The van der Waals surface area contributed by atoms with Gasteiger partial charge in [0.1, 0.15) is 12.2 Å². The molecule has 0 fully saturated rings. The maximum absolute atomic E-state index is 4.72. The zero-order valence-electron chi connectivity index (χ0n) is 19.1.